The number of rotatable bonds is 33. The highest BCUT2D eigenvalue weighted by atomic mass is 16.4. The maximum absolute atomic E-state index is 11.7. The van der Waals surface area contributed by atoms with Crippen molar-refractivity contribution >= 4 is 11.9 Å². The fourth-order valence-corrected chi connectivity index (χ4v) is 5.64. The van der Waals surface area contributed by atoms with Crippen molar-refractivity contribution in [1.82, 2.24) is 0 Å². The molecule has 40 heavy (non-hydrogen) atoms. The zero-order chi connectivity index (χ0) is 29.4. The molecule has 0 aliphatic carbocycles. The zero-order valence-electron chi connectivity index (χ0n) is 26.7. The van der Waals surface area contributed by atoms with E-state index in [4.69, 9.17) is 5.11 Å². The van der Waals surface area contributed by atoms with Crippen LogP contribution in [0.2, 0.25) is 0 Å². The Balaban J connectivity index is 3.42. The summed E-state index contributed by atoms with van der Waals surface area (Å²) in [5, 5.41) is 18.2. The van der Waals surface area contributed by atoms with Gasteiger partial charge in [-0.1, -0.05) is 160 Å². The van der Waals surface area contributed by atoms with E-state index >= 15 is 0 Å². The van der Waals surface area contributed by atoms with Crippen molar-refractivity contribution in [2.45, 2.75) is 200 Å². The highest BCUT2D eigenvalue weighted by Crippen LogP contribution is 2.20. The lowest BCUT2D eigenvalue weighted by Crippen LogP contribution is -2.13. The van der Waals surface area contributed by atoms with E-state index in [1.54, 1.807) is 0 Å². The summed E-state index contributed by atoms with van der Waals surface area (Å²) in [6.45, 7) is 2.26. The zero-order valence-corrected chi connectivity index (χ0v) is 26.7. The van der Waals surface area contributed by atoms with E-state index in [0.29, 0.717) is 6.42 Å². The molecule has 0 aliphatic rings. The summed E-state index contributed by atoms with van der Waals surface area (Å²) >= 11 is 0. The molecular weight excluding hydrogens is 496 g/mol. The standard InChI is InChI=1S/C36H68O4/c1-2-3-4-5-6-7-8-9-13-16-19-22-25-28-31-34(36(39)40)32-29-26-23-20-17-14-11-10-12-15-18-21-24-27-30-33-35(37)38/h7-8,34H,2-6,9-33H2,1H3,(H,37,38)(H,39,40). The highest BCUT2D eigenvalue weighted by Gasteiger charge is 2.16. The normalized spacial score (nSPS) is 12.3. The van der Waals surface area contributed by atoms with Crippen LogP contribution in [0.4, 0.5) is 0 Å². The number of aliphatic carboxylic acids is 2. The van der Waals surface area contributed by atoms with Crippen molar-refractivity contribution in [2.24, 2.45) is 5.92 Å². The van der Waals surface area contributed by atoms with Gasteiger partial charge in [-0.15, -0.1) is 0 Å². The number of hydrogen-bond acceptors (Lipinski definition) is 2. The molecule has 0 heterocycles. The predicted octanol–water partition coefficient (Wildman–Crippen LogP) is 12.1. The minimum atomic E-state index is -0.670. The molecule has 0 fully saturated rings. The first kappa shape index (κ1) is 38.7. The first-order valence-electron chi connectivity index (χ1n) is 17.7. The van der Waals surface area contributed by atoms with Crippen molar-refractivity contribution in [1.29, 1.82) is 0 Å². The van der Waals surface area contributed by atoms with E-state index in [2.05, 4.69) is 19.1 Å². The Labute approximate surface area is 249 Å². The summed E-state index contributed by atoms with van der Waals surface area (Å²) in [5.74, 6) is -1.39. The van der Waals surface area contributed by atoms with Crippen molar-refractivity contribution in [3.63, 3.8) is 0 Å². The van der Waals surface area contributed by atoms with Gasteiger partial charge in [-0.05, 0) is 44.9 Å². The van der Waals surface area contributed by atoms with Crippen molar-refractivity contribution in [3.8, 4) is 0 Å². The quantitative estimate of drug-likeness (QED) is 0.0614. The van der Waals surface area contributed by atoms with E-state index in [9.17, 15) is 14.7 Å². The Hall–Kier alpha value is -1.32. The molecule has 2 N–H and O–H groups in total. The number of hydrogen-bond donors (Lipinski definition) is 2. The molecule has 4 heteroatoms. The van der Waals surface area contributed by atoms with Gasteiger partial charge in [0, 0.05) is 6.42 Å². The largest absolute Gasteiger partial charge is 0.481 e. The van der Waals surface area contributed by atoms with Crippen LogP contribution in [0, 0.1) is 5.92 Å². The monoisotopic (exact) mass is 565 g/mol. The fraction of sp³-hybridized carbons (Fsp3) is 0.889. The molecule has 0 aromatic heterocycles. The molecule has 236 valence electrons. The third-order valence-electron chi connectivity index (χ3n) is 8.36. The summed E-state index contributed by atoms with van der Waals surface area (Å²) in [6, 6.07) is 0. The maximum Gasteiger partial charge on any atom is 0.306 e. The Morgan fingerprint density at radius 2 is 0.800 bits per heavy atom. The molecule has 0 aromatic carbocycles. The Morgan fingerprint density at radius 1 is 0.475 bits per heavy atom. The number of allylic oxidation sites excluding steroid dienone is 2. The highest BCUT2D eigenvalue weighted by molar-refractivity contribution is 5.69. The molecular formula is C36H68O4. The van der Waals surface area contributed by atoms with Gasteiger partial charge in [-0.2, -0.15) is 0 Å². The van der Waals surface area contributed by atoms with Crippen LogP contribution in [0.25, 0.3) is 0 Å². The lowest BCUT2D eigenvalue weighted by atomic mass is 9.94. The van der Waals surface area contributed by atoms with E-state index in [0.717, 1.165) is 38.5 Å². The molecule has 0 radical (unpaired) electrons. The van der Waals surface area contributed by atoms with Gasteiger partial charge >= 0.3 is 11.9 Å². The SMILES string of the molecule is CCCCCCC=CCCCCCCCCC(CCCCCCCCCCCCCCCCCC(=O)O)C(=O)O. The van der Waals surface area contributed by atoms with Crippen molar-refractivity contribution in [3.05, 3.63) is 12.2 Å². The van der Waals surface area contributed by atoms with Crippen molar-refractivity contribution < 1.29 is 19.8 Å². The number of unbranched alkanes of at least 4 members (excludes halogenated alkanes) is 24. The molecule has 4 nitrogen and oxygen atoms in total. The predicted molar refractivity (Wildman–Crippen MR) is 172 cm³/mol. The van der Waals surface area contributed by atoms with Crippen LogP contribution in [-0.2, 0) is 9.59 Å². The van der Waals surface area contributed by atoms with Crippen LogP contribution in [0.3, 0.4) is 0 Å². The second kappa shape index (κ2) is 32.2. The van der Waals surface area contributed by atoms with Gasteiger partial charge < -0.3 is 10.2 Å². The van der Waals surface area contributed by atoms with Gasteiger partial charge in [0.25, 0.3) is 0 Å². The van der Waals surface area contributed by atoms with Gasteiger partial charge in [0.1, 0.15) is 0 Å². The molecule has 0 saturated heterocycles. The summed E-state index contributed by atoms with van der Waals surface area (Å²) in [4.78, 5) is 22.1. The molecule has 0 aromatic rings. The molecule has 1 unspecified atom stereocenters. The van der Waals surface area contributed by atoms with E-state index in [1.165, 1.54) is 148 Å². The van der Waals surface area contributed by atoms with Crippen LogP contribution in [0.1, 0.15) is 200 Å². The fourth-order valence-electron chi connectivity index (χ4n) is 5.64. The molecule has 0 amide bonds. The molecule has 0 saturated carbocycles. The minimum Gasteiger partial charge on any atom is -0.481 e. The van der Waals surface area contributed by atoms with Gasteiger partial charge in [-0.25, -0.2) is 0 Å². The van der Waals surface area contributed by atoms with Gasteiger partial charge in [0.05, 0.1) is 5.92 Å². The third-order valence-corrected chi connectivity index (χ3v) is 8.36. The maximum atomic E-state index is 11.7. The van der Waals surface area contributed by atoms with Crippen LogP contribution in [0.15, 0.2) is 12.2 Å². The van der Waals surface area contributed by atoms with Gasteiger partial charge in [-0.3, -0.25) is 9.59 Å². The number of carbonyl (C=O) groups is 2. The van der Waals surface area contributed by atoms with Crippen LogP contribution in [0.5, 0.6) is 0 Å². The average molecular weight is 565 g/mol. The summed E-state index contributed by atoms with van der Waals surface area (Å²) in [5.41, 5.74) is 0. The smallest absolute Gasteiger partial charge is 0.306 e. The van der Waals surface area contributed by atoms with Crippen LogP contribution in [-0.4, -0.2) is 22.2 Å². The Bertz CT molecular complexity index is 571. The number of carboxylic acids is 2. The summed E-state index contributed by atoms with van der Waals surface area (Å²) in [6.07, 6.45) is 40.4. The van der Waals surface area contributed by atoms with E-state index in [-0.39, 0.29) is 5.92 Å². The molecule has 0 bridgehead atoms. The number of carboxylic acid groups (broad SMARTS) is 2. The lowest BCUT2D eigenvalue weighted by Gasteiger charge is -2.12. The first-order valence-corrected chi connectivity index (χ1v) is 17.7. The lowest BCUT2D eigenvalue weighted by molar-refractivity contribution is -0.142. The van der Waals surface area contributed by atoms with Crippen LogP contribution < -0.4 is 0 Å². The molecule has 1 atom stereocenters. The Kier molecular flexibility index (Phi) is 31.1. The Morgan fingerprint density at radius 3 is 1.15 bits per heavy atom. The van der Waals surface area contributed by atoms with Gasteiger partial charge in [0.15, 0.2) is 0 Å². The van der Waals surface area contributed by atoms with E-state index in [1.807, 2.05) is 0 Å². The third kappa shape index (κ3) is 31.2. The van der Waals surface area contributed by atoms with E-state index < -0.39 is 11.9 Å². The topological polar surface area (TPSA) is 74.6 Å². The molecule has 0 rings (SSSR count). The van der Waals surface area contributed by atoms with Crippen molar-refractivity contribution in [2.75, 3.05) is 0 Å². The average Bonchev–Trinajstić information content (AvgIpc) is 2.93. The van der Waals surface area contributed by atoms with Gasteiger partial charge in [0.2, 0.25) is 0 Å². The summed E-state index contributed by atoms with van der Waals surface area (Å²) < 4.78 is 0. The summed E-state index contributed by atoms with van der Waals surface area (Å²) in [7, 11) is 0. The molecule has 0 spiro atoms. The first-order chi connectivity index (χ1) is 19.6. The minimum absolute atomic E-state index is 0.132. The second-order valence-electron chi connectivity index (χ2n) is 12.3. The van der Waals surface area contributed by atoms with Crippen LogP contribution >= 0.6 is 0 Å². The molecule has 0 aliphatic heterocycles. The second-order valence-corrected chi connectivity index (χ2v) is 12.3.